The Morgan fingerprint density at radius 2 is 2.12 bits per heavy atom. The Balaban J connectivity index is 1.87. The summed E-state index contributed by atoms with van der Waals surface area (Å²) in [6.07, 6.45) is 2.54. The van der Waals surface area contributed by atoms with Crippen molar-refractivity contribution in [1.82, 2.24) is 10.2 Å². The van der Waals surface area contributed by atoms with Crippen LogP contribution >= 0.6 is 0 Å². The van der Waals surface area contributed by atoms with E-state index in [4.69, 9.17) is 5.11 Å². The van der Waals surface area contributed by atoms with Crippen molar-refractivity contribution in [2.45, 2.75) is 25.4 Å². The van der Waals surface area contributed by atoms with Crippen molar-refractivity contribution in [3.05, 3.63) is 35.9 Å². The second-order valence-electron chi connectivity index (χ2n) is 4.74. The Labute approximate surface area is 103 Å². The Bertz CT molecular complexity index is 309. The van der Waals surface area contributed by atoms with Crippen molar-refractivity contribution < 1.29 is 5.11 Å². The van der Waals surface area contributed by atoms with E-state index in [-0.39, 0.29) is 6.61 Å². The summed E-state index contributed by atoms with van der Waals surface area (Å²) in [6.45, 7) is 4.10. The predicted octanol–water partition coefficient (Wildman–Crippen LogP) is 1.23. The second kappa shape index (κ2) is 6.74. The first-order chi connectivity index (χ1) is 8.38. The van der Waals surface area contributed by atoms with Crippen LogP contribution in [0.1, 0.15) is 18.4 Å². The minimum Gasteiger partial charge on any atom is -0.395 e. The van der Waals surface area contributed by atoms with E-state index in [1.807, 2.05) is 6.07 Å². The summed E-state index contributed by atoms with van der Waals surface area (Å²) in [4.78, 5) is 2.33. The van der Waals surface area contributed by atoms with Crippen LogP contribution in [-0.4, -0.2) is 42.3 Å². The molecule has 1 aromatic carbocycles. The zero-order chi connectivity index (χ0) is 11.9. The van der Waals surface area contributed by atoms with Crippen LogP contribution in [0.3, 0.4) is 0 Å². The van der Waals surface area contributed by atoms with Crippen LogP contribution in [0.25, 0.3) is 0 Å². The topological polar surface area (TPSA) is 35.5 Å². The zero-order valence-corrected chi connectivity index (χ0v) is 10.3. The highest BCUT2D eigenvalue weighted by atomic mass is 16.3. The molecule has 0 spiro atoms. The number of aliphatic hydroxyl groups is 1. The molecule has 1 aromatic rings. The summed E-state index contributed by atoms with van der Waals surface area (Å²) >= 11 is 0. The molecule has 2 rings (SSSR count). The third-order valence-corrected chi connectivity index (χ3v) is 3.31. The van der Waals surface area contributed by atoms with Crippen molar-refractivity contribution in [2.75, 3.05) is 26.2 Å². The number of nitrogens with one attached hydrogen (secondary N) is 1. The van der Waals surface area contributed by atoms with E-state index < -0.39 is 0 Å². The highest BCUT2D eigenvalue weighted by Crippen LogP contribution is 2.10. The van der Waals surface area contributed by atoms with Crippen molar-refractivity contribution in [3.8, 4) is 0 Å². The van der Waals surface area contributed by atoms with Crippen LogP contribution in [0.5, 0.6) is 0 Å². The fourth-order valence-corrected chi connectivity index (χ4v) is 2.44. The maximum absolute atomic E-state index is 9.13. The summed E-state index contributed by atoms with van der Waals surface area (Å²) in [5.74, 6) is 0. The molecule has 17 heavy (non-hydrogen) atoms. The molecule has 0 amide bonds. The number of rotatable bonds is 6. The average Bonchev–Trinajstić information content (AvgIpc) is 2.83. The van der Waals surface area contributed by atoms with Crippen molar-refractivity contribution in [1.29, 1.82) is 0 Å². The standard InChI is InChI=1S/C14H22N2O/c17-10-9-16(12-14-7-4-8-15-14)11-13-5-2-1-3-6-13/h1-3,5-6,14-15,17H,4,7-12H2/t14-/m1/s1. The van der Waals surface area contributed by atoms with Crippen LogP contribution in [0.15, 0.2) is 30.3 Å². The number of benzene rings is 1. The molecular weight excluding hydrogens is 212 g/mol. The highest BCUT2D eigenvalue weighted by molar-refractivity contribution is 5.14. The van der Waals surface area contributed by atoms with E-state index in [0.29, 0.717) is 6.04 Å². The third kappa shape index (κ3) is 4.11. The lowest BCUT2D eigenvalue weighted by atomic mass is 10.1. The molecule has 0 unspecified atom stereocenters. The van der Waals surface area contributed by atoms with Gasteiger partial charge < -0.3 is 10.4 Å². The lowest BCUT2D eigenvalue weighted by molar-refractivity contribution is 0.179. The molecule has 94 valence electrons. The predicted molar refractivity (Wildman–Crippen MR) is 69.8 cm³/mol. The summed E-state index contributed by atoms with van der Waals surface area (Å²) in [5, 5.41) is 12.6. The summed E-state index contributed by atoms with van der Waals surface area (Å²) < 4.78 is 0. The van der Waals surface area contributed by atoms with Crippen molar-refractivity contribution in [2.24, 2.45) is 0 Å². The molecule has 1 atom stereocenters. The van der Waals surface area contributed by atoms with E-state index >= 15 is 0 Å². The summed E-state index contributed by atoms with van der Waals surface area (Å²) in [7, 11) is 0. The summed E-state index contributed by atoms with van der Waals surface area (Å²) in [6, 6.07) is 11.1. The van der Waals surface area contributed by atoms with Gasteiger partial charge in [-0.3, -0.25) is 4.90 Å². The molecule has 1 aliphatic rings. The second-order valence-corrected chi connectivity index (χ2v) is 4.74. The van der Waals surface area contributed by atoms with E-state index in [9.17, 15) is 0 Å². The SMILES string of the molecule is OCCN(Cc1ccccc1)C[C@H]1CCCN1. The van der Waals surface area contributed by atoms with Gasteiger partial charge in [-0.15, -0.1) is 0 Å². The van der Waals surface area contributed by atoms with Crippen molar-refractivity contribution in [3.63, 3.8) is 0 Å². The van der Waals surface area contributed by atoms with Crippen LogP contribution in [-0.2, 0) is 6.54 Å². The minimum absolute atomic E-state index is 0.236. The molecule has 1 heterocycles. The summed E-state index contributed by atoms with van der Waals surface area (Å²) in [5.41, 5.74) is 1.32. The number of aliphatic hydroxyl groups excluding tert-OH is 1. The number of hydrogen-bond acceptors (Lipinski definition) is 3. The molecule has 0 aromatic heterocycles. The van der Waals surface area contributed by atoms with Gasteiger partial charge in [-0.2, -0.15) is 0 Å². The van der Waals surface area contributed by atoms with E-state index in [1.54, 1.807) is 0 Å². The van der Waals surface area contributed by atoms with Gasteiger partial charge in [0.05, 0.1) is 6.61 Å². The van der Waals surface area contributed by atoms with Crippen LogP contribution in [0, 0.1) is 0 Å². The molecule has 0 radical (unpaired) electrons. The van der Waals surface area contributed by atoms with E-state index in [1.165, 1.54) is 18.4 Å². The van der Waals surface area contributed by atoms with Crippen LogP contribution in [0.4, 0.5) is 0 Å². The molecule has 0 aliphatic carbocycles. The molecule has 3 heteroatoms. The Hall–Kier alpha value is -0.900. The fraction of sp³-hybridized carbons (Fsp3) is 0.571. The monoisotopic (exact) mass is 234 g/mol. The molecule has 0 saturated carbocycles. The first-order valence-electron chi connectivity index (χ1n) is 6.49. The lowest BCUT2D eigenvalue weighted by Gasteiger charge is -2.24. The minimum atomic E-state index is 0.236. The quantitative estimate of drug-likeness (QED) is 0.777. The van der Waals surface area contributed by atoms with Gasteiger partial charge in [-0.1, -0.05) is 30.3 Å². The molecule has 2 N–H and O–H groups in total. The molecule has 1 aliphatic heterocycles. The largest absolute Gasteiger partial charge is 0.395 e. The Morgan fingerprint density at radius 1 is 1.29 bits per heavy atom. The first kappa shape index (κ1) is 12.6. The maximum atomic E-state index is 9.13. The number of hydrogen-bond donors (Lipinski definition) is 2. The fourth-order valence-electron chi connectivity index (χ4n) is 2.44. The maximum Gasteiger partial charge on any atom is 0.0558 e. The smallest absolute Gasteiger partial charge is 0.0558 e. The van der Waals surface area contributed by atoms with Gasteiger partial charge in [0.2, 0.25) is 0 Å². The van der Waals surface area contributed by atoms with Gasteiger partial charge in [0.25, 0.3) is 0 Å². The average molecular weight is 234 g/mol. The lowest BCUT2D eigenvalue weighted by Crippen LogP contribution is -2.38. The zero-order valence-electron chi connectivity index (χ0n) is 10.3. The molecule has 3 nitrogen and oxygen atoms in total. The molecule has 1 fully saturated rings. The van der Waals surface area contributed by atoms with Gasteiger partial charge >= 0.3 is 0 Å². The molecule has 1 saturated heterocycles. The normalized spacial score (nSPS) is 20.0. The van der Waals surface area contributed by atoms with Crippen molar-refractivity contribution >= 4 is 0 Å². The van der Waals surface area contributed by atoms with Crippen LogP contribution < -0.4 is 5.32 Å². The van der Waals surface area contributed by atoms with Gasteiger partial charge in [0.15, 0.2) is 0 Å². The van der Waals surface area contributed by atoms with Gasteiger partial charge in [-0.05, 0) is 24.9 Å². The van der Waals surface area contributed by atoms with Gasteiger partial charge in [0.1, 0.15) is 0 Å². The van der Waals surface area contributed by atoms with E-state index in [2.05, 4.69) is 34.5 Å². The van der Waals surface area contributed by atoms with Gasteiger partial charge in [-0.25, -0.2) is 0 Å². The Morgan fingerprint density at radius 3 is 2.76 bits per heavy atom. The third-order valence-electron chi connectivity index (χ3n) is 3.31. The van der Waals surface area contributed by atoms with E-state index in [0.717, 1.165) is 26.2 Å². The molecular formula is C14H22N2O. The number of nitrogens with zero attached hydrogens (tertiary/aromatic N) is 1. The Kier molecular flexibility index (Phi) is 4.98. The first-order valence-corrected chi connectivity index (χ1v) is 6.49. The highest BCUT2D eigenvalue weighted by Gasteiger charge is 2.17. The van der Waals surface area contributed by atoms with Crippen LogP contribution in [0.2, 0.25) is 0 Å². The molecule has 0 bridgehead atoms. The van der Waals surface area contributed by atoms with Gasteiger partial charge in [0, 0.05) is 25.7 Å².